The molecule has 0 spiro atoms. The minimum atomic E-state index is -0.850. The number of methoxy groups -OCH3 is 1. The fourth-order valence-electron chi connectivity index (χ4n) is 2.97. The van der Waals surface area contributed by atoms with Crippen molar-refractivity contribution in [3.8, 4) is 5.75 Å². The van der Waals surface area contributed by atoms with Gasteiger partial charge in [0.25, 0.3) is 11.6 Å². The second-order valence-electron chi connectivity index (χ2n) is 7.27. The number of hydrogen-bond acceptors (Lipinski definition) is 5. The van der Waals surface area contributed by atoms with Gasteiger partial charge in [-0.05, 0) is 36.2 Å². The van der Waals surface area contributed by atoms with Crippen LogP contribution in [-0.2, 0) is 11.3 Å². The number of nitrogens with zero attached hydrogens (tertiary/aromatic N) is 2. The Labute approximate surface area is 190 Å². The van der Waals surface area contributed by atoms with Gasteiger partial charge < -0.3 is 15.0 Å². The maximum atomic E-state index is 13.1. The summed E-state index contributed by atoms with van der Waals surface area (Å²) in [4.78, 5) is 37.6. The van der Waals surface area contributed by atoms with E-state index in [1.807, 2.05) is 0 Å². The van der Waals surface area contributed by atoms with Crippen molar-refractivity contribution < 1.29 is 19.2 Å². The van der Waals surface area contributed by atoms with E-state index in [1.165, 1.54) is 24.1 Å². The van der Waals surface area contributed by atoms with Crippen molar-refractivity contribution in [2.45, 2.75) is 26.4 Å². The van der Waals surface area contributed by atoms with Crippen LogP contribution in [0.5, 0.6) is 5.75 Å². The quantitative estimate of drug-likeness (QED) is 0.459. The molecule has 2 rings (SSSR count). The van der Waals surface area contributed by atoms with Crippen LogP contribution in [0.4, 0.5) is 5.69 Å². The lowest BCUT2D eigenvalue weighted by Crippen LogP contribution is -2.50. The first-order valence-electron chi connectivity index (χ1n) is 9.37. The molecule has 0 fully saturated rings. The average molecular weight is 468 g/mol. The molecule has 1 N–H and O–H groups in total. The van der Waals surface area contributed by atoms with Crippen LogP contribution in [0, 0.1) is 16.0 Å². The molecule has 0 saturated carbocycles. The number of carbonyl (C=O) groups is 2. The third kappa shape index (κ3) is 6.08. The first-order chi connectivity index (χ1) is 14.5. The Balaban J connectivity index is 2.21. The summed E-state index contributed by atoms with van der Waals surface area (Å²) in [5.74, 6) is -0.584. The Bertz CT molecular complexity index is 997. The SMILES string of the molecule is COc1ccc(Cl)cc1CN(C)C(=O)C(NC(=O)c1ccc(Cl)c([N+](=O)[O-])c1)C(C)C. The first kappa shape index (κ1) is 24.4. The normalized spacial score (nSPS) is 11.7. The maximum Gasteiger partial charge on any atom is 0.288 e. The highest BCUT2D eigenvalue weighted by molar-refractivity contribution is 6.32. The molecule has 8 nitrogen and oxygen atoms in total. The summed E-state index contributed by atoms with van der Waals surface area (Å²) in [6, 6.07) is 7.99. The third-order valence-corrected chi connectivity index (χ3v) is 5.21. The lowest BCUT2D eigenvalue weighted by Gasteiger charge is -2.27. The molecule has 0 aromatic heterocycles. The number of nitrogens with one attached hydrogen (secondary N) is 1. The van der Waals surface area contributed by atoms with Gasteiger partial charge in [-0.1, -0.05) is 37.0 Å². The molecule has 1 unspecified atom stereocenters. The van der Waals surface area contributed by atoms with Crippen molar-refractivity contribution in [2.24, 2.45) is 5.92 Å². The fourth-order valence-corrected chi connectivity index (χ4v) is 3.35. The van der Waals surface area contributed by atoms with Crippen molar-refractivity contribution >= 4 is 40.7 Å². The van der Waals surface area contributed by atoms with Gasteiger partial charge in [0, 0.05) is 35.8 Å². The molecule has 2 amide bonds. The van der Waals surface area contributed by atoms with E-state index < -0.39 is 16.9 Å². The summed E-state index contributed by atoms with van der Waals surface area (Å²) in [5, 5.41) is 14.2. The number of halogens is 2. The molecule has 10 heteroatoms. The van der Waals surface area contributed by atoms with Crippen molar-refractivity contribution in [1.82, 2.24) is 10.2 Å². The number of likely N-dealkylation sites (N-methyl/N-ethyl adjacent to an activating group) is 1. The standard InChI is InChI=1S/C21H23Cl2N3O5/c1-12(2)19(24-20(27)13-5-7-16(23)17(10-13)26(29)30)21(28)25(3)11-14-9-15(22)6-8-18(14)31-4/h5-10,12,19H,11H2,1-4H3,(H,24,27). The summed E-state index contributed by atoms with van der Waals surface area (Å²) >= 11 is 11.9. The Morgan fingerprint density at radius 3 is 2.45 bits per heavy atom. The number of benzene rings is 2. The highest BCUT2D eigenvalue weighted by Crippen LogP contribution is 2.26. The Kier molecular flexibility index (Phi) is 8.24. The van der Waals surface area contributed by atoms with E-state index >= 15 is 0 Å². The molecule has 0 aliphatic heterocycles. The van der Waals surface area contributed by atoms with E-state index in [0.29, 0.717) is 16.3 Å². The second kappa shape index (κ2) is 10.5. The highest BCUT2D eigenvalue weighted by atomic mass is 35.5. The number of carbonyl (C=O) groups excluding carboxylic acids is 2. The fraction of sp³-hybridized carbons (Fsp3) is 0.333. The number of rotatable bonds is 8. The van der Waals surface area contributed by atoms with Crippen molar-refractivity contribution in [3.63, 3.8) is 0 Å². The van der Waals surface area contributed by atoms with Gasteiger partial charge in [0.2, 0.25) is 5.91 Å². The molecule has 0 heterocycles. The summed E-state index contributed by atoms with van der Waals surface area (Å²) < 4.78 is 5.32. The van der Waals surface area contributed by atoms with Crippen LogP contribution in [-0.4, -0.2) is 41.8 Å². The minimum Gasteiger partial charge on any atom is -0.496 e. The molecule has 0 saturated heterocycles. The molecular formula is C21H23Cl2N3O5. The topological polar surface area (TPSA) is 102 Å². The van der Waals surface area contributed by atoms with Crippen LogP contribution in [0.2, 0.25) is 10.0 Å². The Morgan fingerprint density at radius 1 is 1.19 bits per heavy atom. The van der Waals surface area contributed by atoms with Gasteiger partial charge in [0.15, 0.2) is 0 Å². The Hall–Kier alpha value is -2.84. The van der Waals surface area contributed by atoms with Crippen molar-refractivity contribution in [3.05, 3.63) is 67.7 Å². The zero-order chi connectivity index (χ0) is 23.3. The van der Waals surface area contributed by atoms with E-state index in [9.17, 15) is 19.7 Å². The summed E-state index contributed by atoms with van der Waals surface area (Å²) in [7, 11) is 3.13. The van der Waals surface area contributed by atoms with Gasteiger partial charge >= 0.3 is 0 Å². The average Bonchev–Trinajstić information content (AvgIpc) is 2.71. The largest absolute Gasteiger partial charge is 0.496 e. The van der Waals surface area contributed by atoms with E-state index in [0.717, 1.165) is 6.07 Å². The Morgan fingerprint density at radius 2 is 1.87 bits per heavy atom. The van der Waals surface area contributed by atoms with Gasteiger partial charge in [0.05, 0.1) is 12.0 Å². The monoisotopic (exact) mass is 467 g/mol. The van der Waals surface area contributed by atoms with Crippen molar-refractivity contribution in [1.29, 1.82) is 0 Å². The molecule has 2 aromatic carbocycles. The zero-order valence-electron chi connectivity index (χ0n) is 17.5. The molecule has 31 heavy (non-hydrogen) atoms. The van der Waals surface area contributed by atoms with Gasteiger partial charge in [-0.15, -0.1) is 0 Å². The first-order valence-corrected chi connectivity index (χ1v) is 10.1. The predicted octanol–water partition coefficient (Wildman–Crippen LogP) is 4.32. The lowest BCUT2D eigenvalue weighted by atomic mass is 10.0. The summed E-state index contributed by atoms with van der Waals surface area (Å²) in [5.41, 5.74) is 0.369. The smallest absolute Gasteiger partial charge is 0.288 e. The van der Waals surface area contributed by atoms with Gasteiger partial charge in [-0.3, -0.25) is 19.7 Å². The lowest BCUT2D eigenvalue weighted by molar-refractivity contribution is -0.384. The molecule has 0 radical (unpaired) electrons. The number of amides is 2. The van der Waals surface area contributed by atoms with Crippen LogP contribution in [0.1, 0.15) is 29.8 Å². The van der Waals surface area contributed by atoms with E-state index in [4.69, 9.17) is 27.9 Å². The predicted molar refractivity (Wildman–Crippen MR) is 119 cm³/mol. The van der Waals surface area contributed by atoms with Crippen LogP contribution in [0.15, 0.2) is 36.4 Å². The molecule has 0 aliphatic carbocycles. The van der Waals surface area contributed by atoms with E-state index in [-0.39, 0.29) is 34.6 Å². The number of hydrogen-bond donors (Lipinski definition) is 1. The maximum absolute atomic E-state index is 13.1. The van der Waals surface area contributed by atoms with Crippen molar-refractivity contribution in [2.75, 3.05) is 14.2 Å². The van der Waals surface area contributed by atoms with Gasteiger partial charge in [-0.2, -0.15) is 0 Å². The number of nitro benzene ring substituents is 1. The second-order valence-corrected chi connectivity index (χ2v) is 8.11. The minimum absolute atomic E-state index is 0.0358. The van der Waals surface area contributed by atoms with Gasteiger partial charge in [0.1, 0.15) is 16.8 Å². The van der Waals surface area contributed by atoms with Crippen LogP contribution < -0.4 is 10.1 Å². The molecule has 0 bridgehead atoms. The molecule has 1 atom stereocenters. The number of ether oxygens (including phenoxy) is 1. The summed E-state index contributed by atoms with van der Waals surface area (Å²) in [6.07, 6.45) is 0. The number of nitro groups is 1. The third-order valence-electron chi connectivity index (χ3n) is 4.65. The summed E-state index contributed by atoms with van der Waals surface area (Å²) in [6.45, 7) is 3.80. The molecular weight excluding hydrogens is 445 g/mol. The zero-order valence-corrected chi connectivity index (χ0v) is 19.0. The van der Waals surface area contributed by atoms with Gasteiger partial charge in [-0.25, -0.2) is 0 Å². The highest BCUT2D eigenvalue weighted by Gasteiger charge is 2.28. The van der Waals surface area contributed by atoms with E-state index in [1.54, 1.807) is 39.1 Å². The molecule has 0 aliphatic rings. The van der Waals surface area contributed by atoms with Crippen LogP contribution in [0.3, 0.4) is 0 Å². The van der Waals surface area contributed by atoms with Crippen LogP contribution >= 0.6 is 23.2 Å². The molecule has 2 aromatic rings. The van der Waals surface area contributed by atoms with Crippen LogP contribution in [0.25, 0.3) is 0 Å². The molecule has 166 valence electrons. The van der Waals surface area contributed by atoms with E-state index in [2.05, 4.69) is 5.32 Å².